The number of rotatable bonds is 74. The van der Waals surface area contributed by atoms with Gasteiger partial charge in [-0.15, -0.1) is 0 Å². The van der Waals surface area contributed by atoms with E-state index in [1.54, 1.807) is 0 Å². The molecule has 0 bridgehead atoms. The molecule has 1 amide bonds. The molecule has 2 atom stereocenters. The lowest BCUT2D eigenvalue weighted by Gasteiger charge is -2.22. The Morgan fingerprint density at radius 3 is 0.735 bits per heavy atom. The highest BCUT2D eigenvalue weighted by atomic mass is 16.5. The van der Waals surface area contributed by atoms with E-state index >= 15 is 0 Å². The number of nitrogens with one attached hydrogen (secondary N) is 1. The highest BCUT2D eigenvalue weighted by molar-refractivity contribution is 5.76. The van der Waals surface area contributed by atoms with Gasteiger partial charge in [-0.2, -0.15) is 0 Å². The summed E-state index contributed by atoms with van der Waals surface area (Å²) in [6.07, 6.45) is 90.7. The van der Waals surface area contributed by atoms with E-state index in [4.69, 9.17) is 4.74 Å². The van der Waals surface area contributed by atoms with Gasteiger partial charge in [-0.05, 0) is 25.7 Å². The summed E-state index contributed by atoms with van der Waals surface area (Å²) < 4.78 is 5.52. The zero-order valence-electron chi connectivity index (χ0n) is 57.0. The van der Waals surface area contributed by atoms with Crippen LogP contribution in [0.15, 0.2) is 0 Å². The second kappa shape index (κ2) is 73.3. The van der Waals surface area contributed by atoms with Crippen LogP contribution in [-0.2, 0) is 14.3 Å². The highest BCUT2D eigenvalue weighted by Crippen LogP contribution is 2.20. The van der Waals surface area contributed by atoms with E-state index in [1.807, 2.05) is 0 Å². The van der Waals surface area contributed by atoms with Gasteiger partial charge < -0.3 is 20.3 Å². The van der Waals surface area contributed by atoms with Crippen molar-refractivity contribution in [3.63, 3.8) is 0 Å². The van der Waals surface area contributed by atoms with Crippen molar-refractivity contribution in [3.05, 3.63) is 0 Å². The molecule has 0 heterocycles. The molecule has 496 valence electrons. The van der Waals surface area contributed by atoms with Crippen LogP contribution in [0.2, 0.25) is 0 Å². The molecule has 6 heteroatoms. The van der Waals surface area contributed by atoms with Crippen molar-refractivity contribution in [2.45, 2.75) is 469 Å². The minimum absolute atomic E-state index is 0.0272. The van der Waals surface area contributed by atoms with Gasteiger partial charge in [-0.25, -0.2) is 0 Å². The van der Waals surface area contributed by atoms with Crippen LogP contribution >= 0.6 is 0 Å². The third kappa shape index (κ3) is 69.8. The molecule has 0 rings (SSSR count). The number of amides is 1. The van der Waals surface area contributed by atoms with Crippen molar-refractivity contribution in [3.8, 4) is 0 Å². The molecule has 3 N–H and O–H groups in total. The molecule has 0 fully saturated rings. The van der Waals surface area contributed by atoms with Crippen LogP contribution in [-0.4, -0.2) is 47.4 Å². The number of hydrogen-bond donors (Lipinski definition) is 3. The van der Waals surface area contributed by atoms with Gasteiger partial charge in [-0.1, -0.05) is 418 Å². The second-order valence-electron chi connectivity index (χ2n) is 27.1. The third-order valence-corrected chi connectivity index (χ3v) is 18.7. The van der Waals surface area contributed by atoms with Crippen LogP contribution in [0.5, 0.6) is 0 Å². The maximum atomic E-state index is 12.5. The van der Waals surface area contributed by atoms with E-state index in [-0.39, 0.29) is 18.5 Å². The number of ether oxygens (including phenoxy) is 1. The van der Waals surface area contributed by atoms with Gasteiger partial charge in [0, 0.05) is 12.8 Å². The van der Waals surface area contributed by atoms with Crippen LogP contribution in [0.25, 0.3) is 0 Å². The lowest BCUT2D eigenvalue weighted by atomic mass is 10.0. The first-order valence-corrected chi connectivity index (χ1v) is 38.8. The van der Waals surface area contributed by atoms with Crippen LogP contribution in [0.3, 0.4) is 0 Å². The van der Waals surface area contributed by atoms with Gasteiger partial charge in [0.05, 0.1) is 25.4 Å². The summed E-state index contributed by atoms with van der Waals surface area (Å²) in [5.74, 6) is 0.00184. The zero-order chi connectivity index (χ0) is 59.9. The molecule has 0 aliphatic rings. The highest BCUT2D eigenvalue weighted by Gasteiger charge is 2.20. The van der Waals surface area contributed by atoms with E-state index in [1.165, 1.54) is 385 Å². The summed E-state index contributed by atoms with van der Waals surface area (Å²) in [5.41, 5.74) is 0. The second-order valence-corrected chi connectivity index (χ2v) is 27.1. The first kappa shape index (κ1) is 81.9. The molecule has 0 spiro atoms. The Morgan fingerprint density at radius 1 is 0.289 bits per heavy atom. The van der Waals surface area contributed by atoms with E-state index in [0.29, 0.717) is 25.9 Å². The zero-order valence-corrected chi connectivity index (χ0v) is 57.0. The maximum Gasteiger partial charge on any atom is 0.305 e. The van der Waals surface area contributed by atoms with Crippen molar-refractivity contribution in [1.29, 1.82) is 0 Å². The molecule has 0 aliphatic carbocycles. The van der Waals surface area contributed by atoms with Crippen molar-refractivity contribution in [2.75, 3.05) is 13.2 Å². The van der Waals surface area contributed by atoms with E-state index in [0.717, 1.165) is 38.5 Å². The van der Waals surface area contributed by atoms with Gasteiger partial charge in [0.1, 0.15) is 0 Å². The molecule has 6 nitrogen and oxygen atoms in total. The average Bonchev–Trinajstić information content (AvgIpc) is 3.49. The topological polar surface area (TPSA) is 95.9 Å². The number of carbonyl (C=O) groups is 2. The predicted molar refractivity (Wildman–Crippen MR) is 366 cm³/mol. The van der Waals surface area contributed by atoms with Crippen LogP contribution in [0.1, 0.15) is 457 Å². The standard InChI is InChI=1S/C77H153NO5/c1-3-5-7-9-11-13-15-16-17-18-41-44-47-51-55-59-63-67-71-77(82)83-72-68-64-60-56-52-48-45-42-39-37-35-33-31-29-27-25-23-21-19-20-22-24-26-28-30-32-34-36-38-40-43-46-50-54-58-62-66-70-76(81)78-74(73-79)75(80)69-65-61-57-53-49-14-12-10-8-6-4-2/h74-75,79-80H,3-73H2,1-2H3,(H,78,81). The molecular formula is C77H153NO5. The van der Waals surface area contributed by atoms with Gasteiger partial charge >= 0.3 is 5.97 Å². The fourth-order valence-corrected chi connectivity index (χ4v) is 12.8. The summed E-state index contributed by atoms with van der Waals surface area (Å²) in [4.78, 5) is 24.6. The average molecular weight is 1170 g/mol. The number of aliphatic hydroxyl groups is 2. The summed E-state index contributed by atoms with van der Waals surface area (Å²) in [6.45, 7) is 5.00. The van der Waals surface area contributed by atoms with Gasteiger partial charge in [0.25, 0.3) is 0 Å². The maximum absolute atomic E-state index is 12.5. The van der Waals surface area contributed by atoms with Crippen molar-refractivity contribution in [1.82, 2.24) is 5.32 Å². The van der Waals surface area contributed by atoms with Gasteiger partial charge in [-0.3, -0.25) is 9.59 Å². The first-order chi connectivity index (χ1) is 41.0. The lowest BCUT2D eigenvalue weighted by molar-refractivity contribution is -0.143. The minimum Gasteiger partial charge on any atom is -0.466 e. The third-order valence-electron chi connectivity index (χ3n) is 18.7. The normalized spacial score (nSPS) is 12.4. The number of aliphatic hydroxyl groups excluding tert-OH is 2. The fraction of sp³-hybridized carbons (Fsp3) is 0.974. The Hall–Kier alpha value is -1.14. The predicted octanol–water partition coefficient (Wildman–Crippen LogP) is 25.3. The molecule has 0 radical (unpaired) electrons. The smallest absolute Gasteiger partial charge is 0.305 e. The van der Waals surface area contributed by atoms with Crippen LogP contribution < -0.4 is 5.32 Å². The number of unbranched alkanes of at least 4 members (excludes halogenated alkanes) is 63. The van der Waals surface area contributed by atoms with E-state index < -0.39 is 12.1 Å². The molecule has 0 aromatic heterocycles. The molecule has 0 aromatic carbocycles. The Balaban J connectivity index is 3.25. The Kier molecular flexibility index (Phi) is 72.3. The van der Waals surface area contributed by atoms with Crippen LogP contribution in [0, 0.1) is 0 Å². The molecule has 0 aromatic rings. The summed E-state index contributed by atoms with van der Waals surface area (Å²) in [6, 6.07) is -0.534. The van der Waals surface area contributed by atoms with Crippen molar-refractivity contribution >= 4 is 11.9 Å². The van der Waals surface area contributed by atoms with E-state index in [9.17, 15) is 19.8 Å². The molecular weight excluding hydrogens is 1020 g/mol. The van der Waals surface area contributed by atoms with Gasteiger partial charge in [0.15, 0.2) is 0 Å². The van der Waals surface area contributed by atoms with Crippen LogP contribution in [0.4, 0.5) is 0 Å². The largest absolute Gasteiger partial charge is 0.466 e. The fourth-order valence-electron chi connectivity index (χ4n) is 12.8. The summed E-state index contributed by atoms with van der Waals surface area (Å²) in [5, 5.41) is 23.2. The van der Waals surface area contributed by atoms with Gasteiger partial charge in [0.2, 0.25) is 5.91 Å². The quantitative estimate of drug-likeness (QED) is 0.0417. The first-order valence-electron chi connectivity index (χ1n) is 38.8. The number of carbonyl (C=O) groups excluding carboxylic acids is 2. The molecule has 0 saturated heterocycles. The number of esters is 1. The monoisotopic (exact) mass is 1170 g/mol. The van der Waals surface area contributed by atoms with Crippen molar-refractivity contribution < 1.29 is 24.5 Å². The molecule has 0 aliphatic heterocycles. The SMILES string of the molecule is CCCCCCCCCCCCCCCCCCCCC(=O)OCCCCCCCCCCCCCCCCCCCCCCCCCCCCCCCCCCCCCCCC(=O)NC(CO)C(O)CCCCCCCCCCCCC. The summed E-state index contributed by atoms with van der Waals surface area (Å²) in [7, 11) is 0. The molecule has 2 unspecified atom stereocenters. The Labute approximate surface area is 521 Å². The Bertz CT molecular complexity index is 1210. The Morgan fingerprint density at radius 2 is 0.494 bits per heavy atom. The summed E-state index contributed by atoms with van der Waals surface area (Å²) >= 11 is 0. The van der Waals surface area contributed by atoms with E-state index in [2.05, 4.69) is 19.2 Å². The minimum atomic E-state index is -0.657. The molecule has 83 heavy (non-hydrogen) atoms. The molecule has 0 saturated carbocycles. The lowest BCUT2D eigenvalue weighted by Crippen LogP contribution is -2.45. The number of hydrogen-bond acceptors (Lipinski definition) is 5. The van der Waals surface area contributed by atoms with Crippen molar-refractivity contribution in [2.24, 2.45) is 0 Å².